The third kappa shape index (κ3) is 2.98. The van der Waals surface area contributed by atoms with Crippen LogP contribution < -0.4 is 11.3 Å². The average molecular weight is 224 g/mol. The maximum atomic E-state index is 5.69. The standard InChI is InChI=1S/C14H28N2/c1-10(2)3-6-14(16-15)9-13-8-11-4-5-12(13)7-11/h10-14,16H,3-9,15H2,1-2H3. The van der Waals surface area contributed by atoms with Gasteiger partial charge in [-0.2, -0.15) is 0 Å². The first-order valence-electron chi connectivity index (χ1n) is 7.15. The Hall–Kier alpha value is -0.0800. The van der Waals surface area contributed by atoms with Gasteiger partial charge in [0, 0.05) is 6.04 Å². The lowest BCUT2D eigenvalue weighted by molar-refractivity contribution is 0.266. The molecule has 3 N–H and O–H groups in total. The minimum Gasteiger partial charge on any atom is -0.271 e. The van der Waals surface area contributed by atoms with Crippen molar-refractivity contribution in [3.63, 3.8) is 0 Å². The van der Waals surface area contributed by atoms with Crippen LogP contribution in [0.1, 0.15) is 58.8 Å². The Bertz CT molecular complexity index is 215. The normalized spacial score (nSPS) is 34.9. The highest BCUT2D eigenvalue weighted by atomic mass is 15.2. The van der Waals surface area contributed by atoms with Gasteiger partial charge in [-0.15, -0.1) is 0 Å². The molecule has 16 heavy (non-hydrogen) atoms. The van der Waals surface area contributed by atoms with Crippen LogP contribution >= 0.6 is 0 Å². The summed E-state index contributed by atoms with van der Waals surface area (Å²) in [5, 5.41) is 0. The maximum absolute atomic E-state index is 5.69. The third-order valence-corrected chi connectivity index (χ3v) is 4.80. The minimum absolute atomic E-state index is 0.562. The van der Waals surface area contributed by atoms with Gasteiger partial charge in [0.15, 0.2) is 0 Å². The molecule has 2 rings (SSSR count). The van der Waals surface area contributed by atoms with Crippen molar-refractivity contribution in [3.8, 4) is 0 Å². The Morgan fingerprint density at radius 3 is 2.50 bits per heavy atom. The molecule has 0 heterocycles. The summed E-state index contributed by atoms with van der Waals surface area (Å²) in [5.41, 5.74) is 3.04. The summed E-state index contributed by atoms with van der Waals surface area (Å²) in [5.74, 6) is 9.58. The van der Waals surface area contributed by atoms with E-state index in [4.69, 9.17) is 5.84 Å². The molecule has 2 nitrogen and oxygen atoms in total. The van der Waals surface area contributed by atoms with E-state index in [2.05, 4.69) is 19.3 Å². The first kappa shape index (κ1) is 12.4. The third-order valence-electron chi connectivity index (χ3n) is 4.80. The van der Waals surface area contributed by atoms with Crippen molar-refractivity contribution in [2.75, 3.05) is 0 Å². The van der Waals surface area contributed by atoms with Crippen LogP contribution in [0.2, 0.25) is 0 Å². The first-order chi connectivity index (χ1) is 7.69. The van der Waals surface area contributed by atoms with Crippen LogP contribution in [-0.4, -0.2) is 6.04 Å². The highest BCUT2D eigenvalue weighted by molar-refractivity contribution is 4.91. The van der Waals surface area contributed by atoms with Crippen molar-refractivity contribution in [1.29, 1.82) is 0 Å². The summed E-state index contributed by atoms with van der Waals surface area (Å²) < 4.78 is 0. The van der Waals surface area contributed by atoms with Gasteiger partial charge in [0.05, 0.1) is 0 Å². The molecule has 0 aromatic heterocycles. The van der Waals surface area contributed by atoms with Crippen molar-refractivity contribution in [2.24, 2.45) is 29.5 Å². The van der Waals surface area contributed by atoms with Crippen molar-refractivity contribution < 1.29 is 0 Å². The Morgan fingerprint density at radius 1 is 1.19 bits per heavy atom. The summed E-state index contributed by atoms with van der Waals surface area (Å²) in [7, 11) is 0. The molecule has 0 aromatic rings. The average Bonchev–Trinajstić information content (AvgIpc) is 2.85. The molecule has 0 spiro atoms. The fraction of sp³-hybridized carbons (Fsp3) is 1.00. The maximum Gasteiger partial charge on any atom is 0.0213 e. The number of fused-ring (bicyclic) bond motifs is 2. The topological polar surface area (TPSA) is 38.0 Å². The van der Waals surface area contributed by atoms with Crippen molar-refractivity contribution in [1.82, 2.24) is 5.43 Å². The molecule has 0 saturated heterocycles. The predicted octanol–water partition coefficient (Wildman–Crippen LogP) is 3.08. The van der Waals surface area contributed by atoms with Crippen LogP contribution in [-0.2, 0) is 0 Å². The van der Waals surface area contributed by atoms with Crippen molar-refractivity contribution >= 4 is 0 Å². The predicted molar refractivity (Wildman–Crippen MR) is 68.7 cm³/mol. The molecule has 2 bridgehead atoms. The van der Waals surface area contributed by atoms with Crippen LogP contribution in [0.5, 0.6) is 0 Å². The van der Waals surface area contributed by atoms with Crippen molar-refractivity contribution in [3.05, 3.63) is 0 Å². The van der Waals surface area contributed by atoms with E-state index in [9.17, 15) is 0 Å². The monoisotopic (exact) mass is 224 g/mol. The van der Waals surface area contributed by atoms with Crippen LogP contribution in [0.3, 0.4) is 0 Å². The lowest BCUT2D eigenvalue weighted by Gasteiger charge is -2.26. The number of hydrogen-bond donors (Lipinski definition) is 2. The molecule has 94 valence electrons. The summed E-state index contributed by atoms with van der Waals surface area (Å²) in [6.07, 6.45) is 9.89. The van der Waals surface area contributed by atoms with Crippen LogP contribution in [0.15, 0.2) is 0 Å². The Balaban J connectivity index is 1.74. The zero-order chi connectivity index (χ0) is 11.5. The Morgan fingerprint density at radius 2 is 2.00 bits per heavy atom. The molecule has 2 aliphatic rings. The SMILES string of the molecule is CC(C)CCC(CC1CC2CCC1C2)NN. The Labute approximate surface area is 100 Å². The molecule has 2 aliphatic carbocycles. The van der Waals surface area contributed by atoms with Gasteiger partial charge in [-0.25, -0.2) is 0 Å². The summed E-state index contributed by atoms with van der Waals surface area (Å²) in [6, 6.07) is 0.562. The Kier molecular flexibility index (Phi) is 4.26. The molecule has 2 fully saturated rings. The van der Waals surface area contributed by atoms with E-state index >= 15 is 0 Å². The largest absolute Gasteiger partial charge is 0.271 e. The van der Waals surface area contributed by atoms with Gasteiger partial charge < -0.3 is 0 Å². The van der Waals surface area contributed by atoms with E-state index in [1.807, 2.05) is 0 Å². The van der Waals surface area contributed by atoms with Gasteiger partial charge in [-0.05, 0) is 62.2 Å². The molecule has 2 heteroatoms. The van der Waals surface area contributed by atoms with Gasteiger partial charge in [0.25, 0.3) is 0 Å². The van der Waals surface area contributed by atoms with E-state index in [0.717, 1.165) is 23.7 Å². The summed E-state index contributed by atoms with van der Waals surface area (Å²) in [4.78, 5) is 0. The zero-order valence-electron chi connectivity index (χ0n) is 10.9. The van der Waals surface area contributed by atoms with E-state index in [0.29, 0.717) is 6.04 Å². The number of rotatable bonds is 6. The van der Waals surface area contributed by atoms with Gasteiger partial charge in [-0.1, -0.05) is 20.3 Å². The lowest BCUT2D eigenvalue weighted by atomic mass is 9.83. The van der Waals surface area contributed by atoms with E-state index < -0.39 is 0 Å². The molecule has 0 aliphatic heterocycles. The van der Waals surface area contributed by atoms with Gasteiger partial charge in [-0.3, -0.25) is 11.3 Å². The number of nitrogens with two attached hydrogens (primary N) is 1. The number of hydrazine groups is 1. The van der Waals surface area contributed by atoms with Crippen LogP contribution in [0.4, 0.5) is 0 Å². The smallest absolute Gasteiger partial charge is 0.0213 e. The lowest BCUT2D eigenvalue weighted by Crippen LogP contribution is -2.37. The summed E-state index contributed by atoms with van der Waals surface area (Å²) >= 11 is 0. The molecule has 4 atom stereocenters. The first-order valence-corrected chi connectivity index (χ1v) is 7.15. The molecule has 2 saturated carbocycles. The minimum atomic E-state index is 0.562. The van der Waals surface area contributed by atoms with Crippen LogP contribution in [0, 0.1) is 23.7 Å². The molecule has 0 radical (unpaired) electrons. The van der Waals surface area contributed by atoms with Crippen LogP contribution in [0.25, 0.3) is 0 Å². The molecule has 0 aromatic carbocycles. The summed E-state index contributed by atoms with van der Waals surface area (Å²) in [6.45, 7) is 4.59. The van der Waals surface area contributed by atoms with E-state index in [1.165, 1.54) is 44.9 Å². The fourth-order valence-corrected chi connectivity index (χ4v) is 3.83. The van der Waals surface area contributed by atoms with Gasteiger partial charge in [0.2, 0.25) is 0 Å². The van der Waals surface area contributed by atoms with Crippen molar-refractivity contribution in [2.45, 2.75) is 64.8 Å². The molecule has 4 unspecified atom stereocenters. The zero-order valence-corrected chi connectivity index (χ0v) is 10.9. The highest BCUT2D eigenvalue weighted by Crippen LogP contribution is 2.50. The fourth-order valence-electron chi connectivity index (χ4n) is 3.83. The molecule has 0 amide bonds. The second-order valence-corrected chi connectivity index (χ2v) is 6.51. The molecular formula is C14H28N2. The number of nitrogens with one attached hydrogen (secondary N) is 1. The van der Waals surface area contributed by atoms with E-state index in [-0.39, 0.29) is 0 Å². The second kappa shape index (κ2) is 5.50. The number of hydrogen-bond acceptors (Lipinski definition) is 2. The molecular weight excluding hydrogens is 196 g/mol. The van der Waals surface area contributed by atoms with Gasteiger partial charge in [0.1, 0.15) is 0 Å². The van der Waals surface area contributed by atoms with E-state index in [1.54, 1.807) is 0 Å². The quantitative estimate of drug-likeness (QED) is 0.537. The van der Waals surface area contributed by atoms with Gasteiger partial charge >= 0.3 is 0 Å². The second-order valence-electron chi connectivity index (χ2n) is 6.51. The highest BCUT2D eigenvalue weighted by Gasteiger charge is 2.39.